The van der Waals surface area contributed by atoms with Crippen molar-refractivity contribution in [1.82, 2.24) is 10.2 Å². The summed E-state index contributed by atoms with van der Waals surface area (Å²) in [4.78, 5) is 14.5. The smallest absolute Gasteiger partial charge is 0.258 e. The van der Waals surface area contributed by atoms with Crippen LogP contribution in [0.15, 0.2) is 42.5 Å². The first-order valence-electron chi connectivity index (χ1n) is 8.56. The van der Waals surface area contributed by atoms with Gasteiger partial charge in [-0.25, -0.2) is 0 Å². The number of nitrogens with one attached hydrogen (secondary N) is 1. The van der Waals surface area contributed by atoms with Crippen molar-refractivity contribution in [3.8, 4) is 5.75 Å². The maximum Gasteiger partial charge on any atom is 0.258 e. The summed E-state index contributed by atoms with van der Waals surface area (Å²) < 4.78 is 5.80. The number of hydrogen-bond acceptors (Lipinski definition) is 3. The molecule has 0 aliphatic rings. The summed E-state index contributed by atoms with van der Waals surface area (Å²) in [5.74, 6) is 0.680. The highest BCUT2D eigenvalue weighted by molar-refractivity contribution is 5.78. The molecule has 0 bridgehead atoms. The Bertz CT molecular complexity index is 688. The normalized spacial score (nSPS) is 12.1. The van der Waals surface area contributed by atoms with Gasteiger partial charge in [0.2, 0.25) is 0 Å². The lowest BCUT2D eigenvalue weighted by Crippen LogP contribution is -2.37. The molecule has 2 rings (SSSR count). The van der Waals surface area contributed by atoms with Gasteiger partial charge in [0.05, 0.1) is 6.04 Å². The zero-order valence-electron chi connectivity index (χ0n) is 15.8. The van der Waals surface area contributed by atoms with E-state index >= 15 is 0 Å². The van der Waals surface area contributed by atoms with Crippen molar-refractivity contribution < 1.29 is 9.53 Å². The molecule has 134 valence electrons. The van der Waals surface area contributed by atoms with Gasteiger partial charge < -0.3 is 15.0 Å². The van der Waals surface area contributed by atoms with Crippen LogP contribution in [0.3, 0.4) is 0 Å². The van der Waals surface area contributed by atoms with Crippen LogP contribution in [-0.4, -0.2) is 38.1 Å². The van der Waals surface area contributed by atoms with Crippen molar-refractivity contribution in [1.29, 1.82) is 0 Å². The minimum atomic E-state index is -0.116. The van der Waals surface area contributed by atoms with Crippen molar-refractivity contribution in [2.75, 3.05) is 27.2 Å². The lowest BCUT2D eigenvalue weighted by molar-refractivity contribution is -0.124. The summed E-state index contributed by atoms with van der Waals surface area (Å²) >= 11 is 0. The van der Waals surface area contributed by atoms with E-state index < -0.39 is 0 Å². The van der Waals surface area contributed by atoms with Gasteiger partial charge in [-0.2, -0.15) is 0 Å². The second kappa shape index (κ2) is 8.67. The van der Waals surface area contributed by atoms with E-state index in [9.17, 15) is 4.79 Å². The number of hydrogen-bond donors (Lipinski definition) is 1. The zero-order valence-corrected chi connectivity index (χ0v) is 15.8. The third kappa shape index (κ3) is 5.61. The summed E-state index contributed by atoms with van der Waals surface area (Å²) in [6.45, 7) is 6.82. The summed E-state index contributed by atoms with van der Waals surface area (Å²) in [5, 5.41) is 3.08. The molecule has 0 aliphatic carbocycles. The Hall–Kier alpha value is -2.33. The van der Waals surface area contributed by atoms with E-state index in [4.69, 9.17) is 4.74 Å². The van der Waals surface area contributed by atoms with Gasteiger partial charge in [-0.1, -0.05) is 48.0 Å². The molecule has 0 spiro atoms. The Morgan fingerprint density at radius 1 is 1.08 bits per heavy atom. The number of nitrogens with zero attached hydrogens (tertiary/aromatic N) is 1. The number of benzene rings is 2. The van der Waals surface area contributed by atoms with Crippen LogP contribution in [0.2, 0.25) is 0 Å². The number of rotatable bonds is 7. The topological polar surface area (TPSA) is 41.6 Å². The highest BCUT2D eigenvalue weighted by Crippen LogP contribution is 2.24. The molecule has 0 aromatic heterocycles. The highest BCUT2D eigenvalue weighted by atomic mass is 16.5. The number of likely N-dealkylation sites (N-methyl/N-ethyl adjacent to an activating group) is 1. The molecule has 4 nitrogen and oxygen atoms in total. The van der Waals surface area contributed by atoms with Crippen LogP contribution in [0.5, 0.6) is 5.75 Å². The predicted molar refractivity (Wildman–Crippen MR) is 102 cm³/mol. The van der Waals surface area contributed by atoms with Crippen LogP contribution < -0.4 is 10.1 Å². The van der Waals surface area contributed by atoms with Crippen molar-refractivity contribution in [2.45, 2.75) is 26.8 Å². The second-order valence-electron chi connectivity index (χ2n) is 6.81. The quantitative estimate of drug-likeness (QED) is 0.840. The molecular weight excluding hydrogens is 312 g/mol. The van der Waals surface area contributed by atoms with Crippen LogP contribution in [0, 0.1) is 20.8 Å². The number of carbonyl (C=O) groups excluding carboxylic acids is 1. The zero-order chi connectivity index (χ0) is 18.4. The van der Waals surface area contributed by atoms with Gasteiger partial charge in [-0.15, -0.1) is 0 Å². The summed E-state index contributed by atoms with van der Waals surface area (Å²) in [6.07, 6.45) is 0. The maximum absolute atomic E-state index is 12.4. The molecule has 0 unspecified atom stereocenters. The molecule has 0 aliphatic heterocycles. The Morgan fingerprint density at radius 3 is 2.24 bits per heavy atom. The van der Waals surface area contributed by atoms with Crippen molar-refractivity contribution in [3.63, 3.8) is 0 Å². The first kappa shape index (κ1) is 19.0. The summed E-state index contributed by atoms with van der Waals surface area (Å²) in [5.41, 5.74) is 4.39. The lowest BCUT2D eigenvalue weighted by atomic mass is 10.1. The molecule has 2 aromatic rings. The SMILES string of the molecule is Cc1cc(C)c(OCC(=O)N[C@@H](CN(C)C)c2ccccc2)c(C)c1. The highest BCUT2D eigenvalue weighted by Gasteiger charge is 2.16. The predicted octanol–water partition coefficient (Wildman–Crippen LogP) is 3.41. The number of ether oxygens (including phenoxy) is 1. The molecule has 1 N–H and O–H groups in total. The van der Waals surface area contributed by atoms with Crippen LogP contribution in [-0.2, 0) is 4.79 Å². The van der Waals surface area contributed by atoms with Crippen molar-refractivity contribution in [3.05, 3.63) is 64.7 Å². The first-order chi connectivity index (χ1) is 11.9. The third-order valence-corrected chi connectivity index (χ3v) is 4.04. The Balaban J connectivity index is 2.02. The van der Waals surface area contributed by atoms with E-state index in [-0.39, 0.29) is 18.6 Å². The Kier molecular flexibility index (Phi) is 6.59. The molecule has 0 saturated carbocycles. The molecule has 1 amide bonds. The molecule has 2 aromatic carbocycles. The van der Waals surface area contributed by atoms with Gasteiger partial charge in [0, 0.05) is 6.54 Å². The molecular formula is C21H28N2O2. The second-order valence-corrected chi connectivity index (χ2v) is 6.81. The van der Waals surface area contributed by atoms with E-state index in [0.29, 0.717) is 0 Å². The van der Waals surface area contributed by atoms with E-state index in [1.165, 1.54) is 5.56 Å². The average Bonchev–Trinajstić information content (AvgIpc) is 2.53. The van der Waals surface area contributed by atoms with Crippen LogP contribution in [0.1, 0.15) is 28.3 Å². The van der Waals surface area contributed by atoms with Gasteiger partial charge in [0.1, 0.15) is 5.75 Å². The largest absolute Gasteiger partial charge is 0.483 e. The van der Waals surface area contributed by atoms with E-state index in [1.807, 2.05) is 58.3 Å². The fourth-order valence-electron chi connectivity index (χ4n) is 3.05. The van der Waals surface area contributed by atoms with E-state index in [2.05, 4.69) is 29.3 Å². The first-order valence-corrected chi connectivity index (χ1v) is 8.56. The number of aryl methyl sites for hydroxylation is 3. The third-order valence-electron chi connectivity index (χ3n) is 4.04. The fraction of sp³-hybridized carbons (Fsp3) is 0.381. The summed E-state index contributed by atoms with van der Waals surface area (Å²) in [6, 6.07) is 14.1. The molecule has 25 heavy (non-hydrogen) atoms. The van der Waals surface area contributed by atoms with Gasteiger partial charge in [-0.05, 0) is 51.6 Å². The van der Waals surface area contributed by atoms with Crippen LogP contribution in [0.25, 0.3) is 0 Å². The Morgan fingerprint density at radius 2 is 1.68 bits per heavy atom. The minimum absolute atomic E-state index is 0.0154. The van der Waals surface area contributed by atoms with Gasteiger partial charge in [-0.3, -0.25) is 4.79 Å². The average molecular weight is 340 g/mol. The summed E-state index contributed by atoms with van der Waals surface area (Å²) in [7, 11) is 4.00. The Labute approximate surface area is 150 Å². The van der Waals surface area contributed by atoms with Crippen LogP contribution in [0.4, 0.5) is 0 Å². The number of carbonyl (C=O) groups is 1. The van der Waals surface area contributed by atoms with Gasteiger partial charge in [0.25, 0.3) is 5.91 Å². The molecule has 1 atom stereocenters. The van der Waals surface area contributed by atoms with Gasteiger partial charge >= 0.3 is 0 Å². The molecule has 0 saturated heterocycles. The monoisotopic (exact) mass is 340 g/mol. The van der Waals surface area contributed by atoms with E-state index in [0.717, 1.165) is 29.0 Å². The molecule has 4 heteroatoms. The fourth-order valence-corrected chi connectivity index (χ4v) is 3.05. The van der Waals surface area contributed by atoms with Crippen LogP contribution >= 0.6 is 0 Å². The standard InChI is InChI=1S/C21H28N2O2/c1-15-11-16(2)21(17(3)12-15)25-14-20(24)22-19(13-23(4)5)18-9-7-6-8-10-18/h6-12,19H,13-14H2,1-5H3,(H,22,24)/t19-/m0/s1. The van der Waals surface area contributed by atoms with E-state index in [1.54, 1.807) is 0 Å². The molecule has 0 radical (unpaired) electrons. The molecule has 0 heterocycles. The van der Waals surface area contributed by atoms with Crippen molar-refractivity contribution >= 4 is 5.91 Å². The minimum Gasteiger partial charge on any atom is -0.483 e. The maximum atomic E-state index is 12.4. The lowest BCUT2D eigenvalue weighted by Gasteiger charge is -2.23. The van der Waals surface area contributed by atoms with Crippen molar-refractivity contribution in [2.24, 2.45) is 0 Å². The molecule has 0 fully saturated rings. The number of amides is 1. The van der Waals surface area contributed by atoms with Gasteiger partial charge in [0.15, 0.2) is 6.61 Å².